The van der Waals surface area contributed by atoms with Crippen LogP contribution in [0.4, 0.5) is 0 Å². The highest BCUT2D eigenvalue weighted by Crippen LogP contribution is 2.48. The normalized spacial score (nSPS) is 19.3. The van der Waals surface area contributed by atoms with Gasteiger partial charge in [-0.3, -0.25) is 9.69 Å². The van der Waals surface area contributed by atoms with Gasteiger partial charge in [0.1, 0.15) is 12.4 Å². The lowest BCUT2D eigenvalue weighted by Crippen LogP contribution is -2.46. The van der Waals surface area contributed by atoms with Crippen LogP contribution in [0.3, 0.4) is 0 Å². The van der Waals surface area contributed by atoms with Crippen LogP contribution in [-0.4, -0.2) is 72.7 Å². The van der Waals surface area contributed by atoms with Crippen molar-refractivity contribution in [2.75, 3.05) is 55.7 Å². The molecule has 6 rings (SSSR count). The van der Waals surface area contributed by atoms with Gasteiger partial charge in [0.15, 0.2) is 23.0 Å². The third-order valence-corrected chi connectivity index (χ3v) is 10.1. The van der Waals surface area contributed by atoms with E-state index < -0.39 is 0 Å². The van der Waals surface area contributed by atoms with Gasteiger partial charge >= 0.3 is 5.97 Å². The summed E-state index contributed by atoms with van der Waals surface area (Å²) in [5.41, 5.74) is 5.69. The SMILES string of the molecule is CNC1Cc2cc(OC)c(OC)cc2C2Cc3cc(OC)c(OC)cc3C(COC(=O)CC(C)c3ccc(OC)c4ccccc34)N2C1. The number of rotatable bonds is 11. The lowest BCUT2D eigenvalue weighted by atomic mass is 9.84. The molecular formula is C39H46N2O7. The fourth-order valence-electron chi connectivity index (χ4n) is 7.57. The second kappa shape index (κ2) is 14.3. The predicted octanol–water partition coefficient (Wildman–Crippen LogP) is 6.40. The molecule has 0 amide bonds. The maximum absolute atomic E-state index is 13.6. The van der Waals surface area contributed by atoms with Crippen molar-refractivity contribution < 1.29 is 33.2 Å². The highest BCUT2D eigenvalue weighted by molar-refractivity contribution is 5.91. The molecule has 254 valence electrons. The van der Waals surface area contributed by atoms with Gasteiger partial charge in [-0.05, 0) is 89.3 Å². The number of nitrogens with one attached hydrogen (secondary N) is 1. The van der Waals surface area contributed by atoms with Gasteiger partial charge in [-0.2, -0.15) is 0 Å². The molecule has 0 saturated carbocycles. The quantitative estimate of drug-likeness (QED) is 0.185. The van der Waals surface area contributed by atoms with E-state index in [1.165, 1.54) is 11.1 Å². The van der Waals surface area contributed by atoms with Crippen LogP contribution < -0.4 is 29.0 Å². The zero-order chi connectivity index (χ0) is 33.9. The number of methoxy groups -OCH3 is 5. The summed E-state index contributed by atoms with van der Waals surface area (Å²) in [4.78, 5) is 16.1. The van der Waals surface area contributed by atoms with Gasteiger partial charge in [-0.15, -0.1) is 0 Å². The molecule has 0 spiro atoms. The summed E-state index contributed by atoms with van der Waals surface area (Å²) in [6.07, 6.45) is 1.83. The first-order valence-corrected chi connectivity index (χ1v) is 16.5. The first kappa shape index (κ1) is 33.4. The Morgan fingerprint density at radius 1 is 0.771 bits per heavy atom. The molecule has 2 heterocycles. The first-order chi connectivity index (χ1) is 23.3. The molecule has 2 aliphatic rings. The van der Waals surface area contributed by atoms with E-state index in [4.69, 9.17) is 28.4 Å². The van der Waals surface area contributed by atoms with E-state index in [9.17, 15) is 4.79 Å². The zero-order valence-corrected chi connectivity index (χ0v) is 28.9. The molecule has 2 aliphatic heterocycles. The van der Waals surface area contributed by atoms with E-state index in [2.05, 4.69) is 47.5 Å². The number of hydrogen-bond acceptors (Lipinski definition) is 9. The Kier molecular flexibility index (Phi) is 9.99. The molecule has 4 atom stereocenters. The van der Waals surface area contributed by atoms with Gasteiger partial charge in [-0.25, -0.2) is 0 Å². The van der Waals surface area contributed by atoms with Crippen molar-refractivity contribution in [3.05, 3.63) is 88.5 Å². The Morgan fingerprint density at radius 3 is 1.98 bits per heavy atom. The summed E-state index contributed by atoms with van der Waals surface area (Å²) in [6, 6.07) is 20.5. The minimum absolute atomic E-state index is 0.0112. The standard InChI is InChI=1S/C39H46N2O7/c1-23(27-12-13-34(43-3)29-11-9-8-10-28(27)29)14-39(42)48-22-33-31-20-38(47-7)36(45-5)18-25(31)16-32-30-19-37(46-6)35(44-4)17-24(30)15-26(40-2)21-41(32)33/h8-13,17-20,23,26,32-33,40H,14-16,21-22H2,1-7H3. The van der Waals surface area contributed by atoms with Gasteiger partial charge in [0.2, 0.25) is 0 Å². The summed E-state index contributed by atoms with van der Waals surface area (Å²) in [5, 5.41) is 5.63. The number of carbonyl (C=O) groups excluding carboxylic acids is 1. The average Bonchev–Trinajstić information content (AvgIpc) is 3.27. The predicted molar refractivity (Wildman–Crippen MR) is 186 cm³/mol. The minimum Gasteiger partial charge on any atom is -0.496 e. The third kappa shape index (κ3) is 6.24. The van der Waals surface area contributed by atoms with Gasteiger partial charge in [0, 0.05) is 24.0 Å². The summed E-state index contributed by atoms with van der Waals surface area (Å²) in [7, 11) is 10.3. The molecule has 0 saturated heterocycles. The maximum atomic E-state index is 13.6. The van der Waals surface area contributed by atoms with Crippen LogP contribution >= 0.6 is 0 Å². The number of benzene rings is 4. The van der Waals surface area contributed by atoms with E-state index in [-0.39, 0.29) is 43.0 Å². The summed E-state index contributed by atoms with van der Waals surface area (Å²) >= 11 is 0. The molecule has 0 radical (unpaired) electrons. The number of nitrogens with zero attached hydrogens (tertiary/aromatic N) is 1. The maximum Gasteiger partial charge on any atom is 0.306 e. The molecule has 4 aromatic carbocycles. The summed E-state index contributed by atoms with van der Waals surface area (Å²) < 4.78 is 34.7. The van der Waals surface area contributed by atoms with Crippen LogP contribution in [0.15, 0.2) is 60.7 Å². The molecule has 4 aromatic rings. The largest absolute Gasteiger partial charge is 0.496 e. The monoisotopic (exact) mass is 654 g/mol. The second-order valence-electron chi connectivity index (χ2n) is 12.6. The van der Waals surface area contributed by atoms with Crippen molar-refractivity contribution in [1.29, 1.82) is 0 Å². The highest BCUT2D eigenvalue weighted by atomic mass is 16.5. The minimum atomic E-state index is -0.238. The van der Waals surface area contributed by atoms with Crippen molar-refractivity contribution in [2.45, 2.75) is 50.2 Å². The van der Waals surface area contributed by atoms with E-state index in [0.29, 0.717) is 23.0 Å². The van der Waals surface area contributed by atoms with Crippen LogP contribution in [-0.2, 0) is 22.4 Å². The third-order valence-electron chi connectivity index (χ3n) is 10.1. The van der Waals surface area contributed by atoms with E-state index >= 15 is 0 Å². The lowest BCUT2D eigenvalue weighted by molar-refractivity contribution is -0.146. The lowest BCUT2D eigenvalue weighted by Gasteiger charge is -2.43. The second-order valence-corrected chi connectivity index (χ2v) is 12.6. The number of hydrogen-bond donors (Lipinski definition) is 1. The van der Waals surface area contributed by atoms with Crippen molar-refractivity contribution in [3.8, 4) is 28.7 Å². The van der Waals surface area contributed by atoms with Crippen molar-refractivity contribution in [3.63, 3.8) is 0 Å². The van der Waals surface area contributed by atoms with E-state index in [0.717, 1.165) is 52.6 Å². The molecule has 0 bridgehead atoms. The fraction of sp³-hybridized carbons (Fsp3) is 0.410. The fourth-order valence-corrected chi connectivity index (χ4v) is 7.57. The number of likely N-dealkylation sites (N-methyl/N-ethyl adjacent to an activating group) is 1. The van der Waals surface area contributed by atoms with Crippen molar-refractivity contribution in [1.82, 2.24) is 10.2 Å². The number of esters is 1. The van der Waals surface area contributed by atoms with Crippen LogP contribution in [0.25, 0.3) is 10.8 Å². The van der Waals surface area contributed by atoms with Gasteiger partial charge < -0.3 is 33.7 Å². The molecule has 4 unspecified atom stereocenters. The van der Waals surface area contributed by atoms with Gasteiger partial charge in [0.25, 0.3) is 0 Å². The molecule has 9 heteroatoms. The Labute approximate surface area is 283 Å². The number of ether oxygens (including phenoxy) is 6. The van der Waals surface area contributed by atoms with Gasteiger partial charge in [0.05, 0.1) is 48.0 Å². The number of fused-ring (bicyclic) bond motifs is 5. The highest BCUT2D eigenvalue weighted by Gasteiger charge is 2.41. The molecule has 0 fully saturated rings. The molecule has 1 N–H and O–H groups in total. The Balaban J connectivity index is 1.34. The average molecular weight is 655 g/mol. The van der Waals surface area contributed by atoms with E-state index in [1.54, 1.807) is 35.5 Å². The zero-order valence-electron chi connectivity index (χ0n) is 28.9. The Hall–Kier alpha value is -4.47. The van der Waals surface area contributed by atoms with Crippen molar-refractivity contribution in [2.24, 2.45) is 0 Å². The summed E-state index contributed by atoms with van der Waals surface area (Å²) in [5.74, 6) is 3.26. The Bertz CT molecular complexity index is 1790. The van der Waals surface area contributed by atoms with Gasteiger partial charge in [-0.1, -0.05) is 37.3 Å². The number of carbonyl (C=O) groups is 1. The summed E-state index contributed by atoms with van der Waals surface area (Å²) in [6.45, 7) is 3.03. The first-order valence-electron chi connectivity index (χ1n) is 16.5. The molecule has 9 nitrogen and oxygen atoms in total. The van der Waals surface area contributed by atoms with Crippen LogP contribution in [0.1, 0.15) is 59.2 Å². The Morgan fingerprint density at radius 2 is 1.35 bits per heavy atom. The molecular weight excluding hydrogens is 608 g/mol. The van der Waals surface area contributed by atoms with Crippen LogP contribution in [0.2, 0.25) is 0 Å². The van der Waals surface area contributed by atoms with Crippen molar-refractivity contribution >= 4 is 16.7 Å². The molecule has 0 aromatic heterocycles. The van der Waals surface area contributed by atoms with Crippen LogP contribution in [0, 0.1) is 0 Å². The van der Waals surface area contributed by atoms with Crippen LogP contribution in [0.5, 0.6) is 28.7 Å². The molecule has 0 aliphatic carbocycles. The topological polar surface area (TPSA) is 87.7 Å². The molecule has 48 heavy (non-hydrogen) atoms. The van der Waals surface area contributed by atoms with E-state index in [1.807, 2.05) is 37.4 Å². The smallest absolute Gasteiger partial charge is 0.306 e.